The quantitative estimate of drug-likeness (QED) is 0.447. The fraction of sp³-hybridized carbons (Fsp3) is 0.929. The summed E-state index contributed by atoms with van der Waals surface area (Å²) in [6.45, 7) is 0.143. The molecule has 5 nitrogen and oxygen atoms in total. The van der Waals surface area contributed by atoms with Crippen molar-refractivity contribution >= 4 is 11.8 Å². The SMILES string of the molecule is O=C(COCC(=O)N(C1CCCCC1)C1CCCCC1)N(C1CCCCC1)C1CCCCC1. The van der Waals surface area contributed by atoms with Crippen LogP contribution in [-0.2, 0) is 14.3 Å². The van der Waals surface area contributed by atoms with Gasteiger partial charge in [0.15, 0.2) is 0 Å². The van der Waals surface area contributed by atoms with E-state index < -0.39 is 0 Å². The van der Waals surface area contributed by atoms with Crippen molar-refractivity contribution in [3.8, 4) is 0 Å². The van der Waals surface area contributed by atoms with Gasteiger partial charge in [-0.3, -0.25) is 9.59 Å². The Morgan fingerprint density at radius 3 is 0.939 bits per heavy atom. The number of nitrogens with zero attached hydrogens (tertiary/aromatic N) is 2. The lowest BCUT2D eigenvalue weighted by molar-refractivity contribution is -0.149. The van der Waals surface area contributed by atoms with Gasteiger partial charge in [-0.15, -0.1) is 0 Å². The second-order valence-corrected chi connectivity index (χ2v) is 11.3. The molecule has 2 amide bonds. The maximum absolute atomic E-state index is 13.4. The summed E-state index contributed by atoms with van der Waals surface area (Å²) in [5, 5.41) is 0. The van der Waals surface area contributed by atoms with Gasteiger partial charge in [0.05, 0.1) is 0 Å². The molecule has 4 fully saturated rings. The molecule has 33 heavy (non-hydrogen) atoms. The second kappa shape index (κ2) is 13.1. The molecule has 0 bridgehead atoms. The molecule has 5 heteroatoms. The number of hydrogen-bond donors (Lipinski definition) is 0. The average molecular weight is 461 g/mol. The number of amides is 2. The van der Waals surface area contributed by atoms with Crippen LogP contribution in [0.25, 0.3) is 0 Å². The maximum Gasteiger partial charge on any atom is 0.249 e. The Hall–Kier alpha value is -1.10. The van der Waals surface area contributed by atoms with Crippen LogP contribution in [0, 0.1) is 0 Å². The number of carbonyl (C=O) groups is 2. The Bertz CT molecular complexity index is 512. The van der Waals surface area contributed by atoms with Crippen LogP contribution in [-0.4, -0.2) is 59.0 Å². The Morgan fingerprint density at radius 1 is 0.455 bits per heavy atom. The molecule has 0 heterocycles. The molecule has 0 N–H and O–H groups in total. The molecule has 0 unspecified atom stereocenters. The molecule has 0 aromatic heterocycles. The third-order valence-corrected chi connectivity index (χ3v) is 8.90. The molecule has 4 rings (SSSR count). The zero-order valence-corrected chi connectivity index (χ0v) is 21.0. The minimum absolute atomic E-state index is 0.0713. The van der Waals surface area contributed by atoms with E-state index in [-0.39, 0.29) is 25.0 Å². The van der Waals surface area contributed by atoms with Crippen LogP contribution < -0.4 is 0 Å². The van der Waals surface area contributed by atoms with Crippen LogP contribution >= 0.6 is 0 Å². The molecule has 188 valence electrons. The van der Waals surface area contributed by atoms with Gasteiger partial charge in [0.2, 0.25) is 11.8 Å². The minimum Gasteiger partial charge on any atom is -0.362 e. The van der Waals surface area contributed by atoms with Gasteiger partial charge in [0.1, 0.15) is 13.2 Å². The van der Waals surface area contributed by atoms with Crippen molar-refractivity contribution in [3.63, 3.8) is 0 Å². The summed E-state index contributed by atoms with van der Waals surface area (Å²) in [5.74, 6) is 0.256. The van der Waals surface area contributed by atoms with Crippen molar-refractivity contribution in [1.82, 2.24) is 9.80 Å². The Morgan fingerprint density at radius 2 is 0.697 bits per heavy atom. The summed E-state index contributed by atoms with van der Waals surface area (Å²) >= 11 is 0. The van der Waals surface area contributed by atoms with E-state index in [1.807, 2.05) is 0 Å². The highest BCUT2D eigenvalue weighted by Gasteiger charge is 2.34. The van der Waals surface area contributed by atoms with Crippen molar-refractivity contribution in [2.45, 2.75) is 153 Å². The molecule has 0 spiro atoms. The predicted molar refractivity (Wildman–Crippen MR) is 132 cm³/mol. The number of carbonyl (C=O) groups excluding carboxylic acids is 2. The van der Waals surface area contributed by atoms with Crippen molar-refractivity contribution in [2.75, 3.05) is 13.2 Å². The van der Waals surface area contributed by atoms with E-state index in [4.69, 9.17) is 4.74 Å². The number of rotatable bonds is 8. The van der Waals surface area contributed by atoms with Crippen molar-refractivity contribution in [1.29, 1.82) is 0 Å². The third-order valence-electron chi connectivity index (χ3n) is 8.90. The third kappa shape index (κ3) is 6.96. The van der Waals surface area contributed by atoms with Gasteiger partial charge in [-0.05, 0) is 51.4 Å². The average Bonchev–Trinajstić information content (AvgIpc) is 2.87. The smallest absolute Gasteiger partial charge is 0.249 e. The van der Waals surface area contributed by atoms with Crippen LogP contribution in [0.2, 0.25) is 0 Å². The van der Waals surface area contributed by atoms with Crippen LogP contribution in [0.1, 0.15) is 128 Å². The summed E-state index contributed by atoms with van der Waals surface area (Å²) in [4.78, 5) is 31.2. The standard InChI is InChI=1S/C28H48N2O3/c31-27(29(23-13-5-1-6-14-23)24-15-7-2-8-16-24)21-33-22-28(32)30(25-17-9-3-10-18-25)26-19-11-4-12-20-26/h23-26H,1-22H2. The van der Waals surface area contributed by atoms with Crippen LogP contribution in [0.15, 0.2) is 0 Å². The normalized spacial score (nSPS) is 24.5. The van der Waals surface area contributed by atoms with Crippen molar-refractivity contribution < 1.29 is 14.3 Å². The van der Waals surface area contributed by atoms with Crippen molar-refractivity contribution in [2.24, 2.45) is 0 Å². The van der Waals surface area contributed by atoms with Crippen LogP contribution in [0.4, 0.5) is 0 Å². The molecule has 4 aliphatic carbocycles. The van der Waals surface area contributed by atoms with Crippen LogP contribution in [0.3, 0.4) is 0 Å². The van der Waals surface area contributed by atoms with E-state index in [1.165, 1.54) is 77.0 Å². The van der Waals surface area contributed by atoms with E-state index in [9.17, 15) is 9.59 Å². The second-order valence-electron chi connectivity index (χ2n) is 11.3. The highest BCUT2D eigenvalue weighted by Crippen LogP contribution is 2.32. The lowest BCUT2D eigenvalue weighted by atomic mass is 9.88. The monoisotopic (exact) mass is 460 g/mol. The topological polar surface area (TPSA) is 49.9 Å². The lowest BCUT2D eigenvalue weighted by Crippen LogP contribution is -2.51. The molecule has 0 radical (unpaired) electrons. The summed E-state index contributed by atoms with van der Waals surface area (Å²) in [7, 11) is 0. The van der Waals surface area contributed by atoms with Gasteiger partial charge in [0, 0.05) is 24.2 Å². The molecular formula is C28H48N2O3. The zero-order valence-electron chi connectivity index (χ0n) is 21.0. The van der Waals surface area contributed by atoms with E-state index in [0.29, 0.717) is 24.2 Å². The van der Waals surface area contributed by atoms with E-state index >= 15 is 0 Å². The summed E-state index contributed by atoms with van der Waals surface area (Å²) < 4.78 is 5.90. The molecule has 0 aliphatic heterocycles. The number of hydrogen-bond acceptors (Lipinski definition) is 3. The molecule has 4 aliphatic rings. The van der Waals surface area contributed by atoms with Gasteiger partial charge < -0.3 is 14.5 Å². The van der Waals surface area contributed by atoms with Gasteiger partial charge in [0.25, 0.3) is 0 Å². The van der Waals surface area contributed by atoms with Crippen molar-refractivity contribution in [3.05, 3.63) is 0 Å². The number of ether oxygens (including phenoxy) is 1. The van der Waals surface area contributed by atoms with E-state index in [2.05, 4.69) is 9.80 Å². The first-order valence-corrected chi connectivity index (χ1v) is 14.4. The van der Waals surface area contributed by atoms with Gasteiger partial charge in [-0.25, -0.2) is 0 Å². The zero-order chi connectivity index (χ0) is 22.9. The summed E-state index contributed by atoms with van der Waals surface area (Å²) in [6.07, 6.45) is 24.2. The molecule has 0 saturated heterocycles. The Kier molecular flexibility index (Phi) is 9.94. The van der Waals surface area contributed by atoms with Gasteiger partial charge >= 0.3 is 0 Å². The lowest BCUT2D eigenvalue weighted by Gasteiger charge is -2.42. The first-order valence-electron chi connectivity index (χ1n) is 14.4. The van der Waals surface area contributed by atoms with Gasteiger partial charge in [-0.1, -0.05) is 77.0 Å². The molecule has 0 atom stereocenters. The molecule has 0 aromatic rings. The summed E-state index contributed by atoms with van der Waals surface area (Å²) in [6, 6.07) is 1.54. The molecule has 0 aromatic carbocycles. The van der Waals surface area contributed by atoms with E-state index in [1.54, 1.807) is 0 Å². The Balaban J connectivity index is 1.33. The highest BCUT2D eigenvalue weighted by molar-refractivity contribution is 5.80. The largest absolute Gasteiger partial charge is 0.362 e. The Labute approximate surface area is 202 Å². The fourth-order valence-electron chi connectivity index (χ4n) is 7.22. The molecular weight excluding hydrogens is 412 g/mol. The minimum atomic E-state index is 0.0713. The first-order chi connectivity index (χ1) is 16.2. The predicted octanol–water partition coefficient (Wildman–Crippen LogP) is 5.99. The van der Waals surface area contributed by atoms with Gasteiger partial charge in [-0.2, -0.15) is 0 Å². The van der Waals surface area contributed by atoms with E-state index in [0.717, 1.165) is 51.4 Å². The van der Waals surface area contributed by atoms with Crippen LogP contribution in [0.5, 0.6) is 0 Å². The maximum atomic E-state index is 13.4. The first kappa shape index (κ1) is 25.0. The highest BCUT2D eigenvalue weighted by atomic mass is 16.5. The fourth-order valence-corrected chi connectivity index (χ4v) is 7.22. The molecule has 4 saturated carbocycles. The summed E-state index contributed by atoms with van der Waals surface area (Å²) in [5.41, 5.74) is 0.